The van der Waals surface area contributed by atoms with Gasteiger partial charge in [-0.15, -0.1) is 0 Å². The molecule has 0 aliphatic carbocycles. The summed E-state index contributed by atoms with van der Waals surface area (Å²) in [6, 6.07) is 2.84. The van der Waals surface area contributed by atoms with Crippen LogP contribution in [0.1, 0.15) is 20.8 Å². The van der Waals surface area contributed by atoms with Crippen LogP contribution < -0.4 is 5.43 Å². The first kappa shape index (κ1) is 13.0. The van der Waals surface area contributed by atoms with E-state index in [-0.39, 0.29) is 11.2 Å². The number of hydrogen-bond acceptors (Lipinski definition) is 3. The molecule has 0 aromatic carbocycles. The molecule has 0 fully saturated rings. The van der Waals surface area contributed by atoms with E-state index >= 15 is 0 Å². The summed E-state index contributed by atoms with van der Waals surface area (Å²) in [6.07, 6.45) is 3.20. The summed E-state index contributed by atoms with van der Waals surface area (Å²) >= 11 is 0. The van der Waals surface area contributed by atoms with Crippen molar-refractivity contribution < 1.29 is 8.42 Å². The SMILES string of the molecule is CC(C)(C)S(=O)(=O)CCn1ccc(=O)cc1. The van der Waals surface area contributed by atoms with Crippen LogP contribution >= 0.6 is 0 Å². The molecule has 16 heavy (non-hydrogen) atoms. The highest BCUT2D eigenvalue weighted by molar-refractivity contribution is 7.92. The second kappa shape index (κ2) is 4.41. The molecule has 0 amide bonds. The van der Waals surface area contributed by atoms with Crippen molar-refractivity contribution in [3.8, 4) is 0 Å². The molecule has 0 atom stereocenters. The lowest BCUT2D eigenvalue weighted by molar-refractivity contribution is 0.553. The molecule has 0 spiro atoms. The van der Waals surface area contributed by atoms with Crippen LogP contribution in [0.4, 0.5) is 0 Å². The average molecular weight is 243 g/mol. The van der Waals surface area contributed by atoms with Gasteiger partial charge < -0.3 is 4.57 Å². The maximum absolute atomic E-state index is 11.8. The average Bonchev–Trinajstić information content (AvgIpc) is 2.15. The quantitative estimate of drug-likeness (QED) is 0.797. The zero-order valence-corrected chi connectivity index (χ0v) is 10.6. The van der Waals surface area contributed by atoms with Crippen molar-refractivity contribution in [3.63, 3.8) is 0 Å². The van der Waals surface area contributed by atoms with Crippen LogP contribution in [-0.4, -0.2) is 23.5 Å². The molecular formula is C11H17NO3S. The summed E-state index contributed by atoms with van der Waals surface area (Å²) in [5.74, 6) is 0.0827. The Morgan fingerprint density at radius 2 is 1.69 bits per heavy atom. The van der Waals surface area contributed by atoms with E-state index in [2.05, 4.69) is 0 Å². The zero-order chi connectivity index (χ0) is 12.4. The van der Waals surface area contributed by atoms with Crippen LogP contribution in [0.5, 0.6) is 0 Å². The lowest BCUT2D eigenvalue weighted by Gasteiger charge is -2.19. The summed E-state index contributed by atoms with van der Waals surface area (Å²) in [4.78, 5) is 10.9. The fourth-order valence-electron chi connectivity index (χ4n) is 1.12. The van der Waals surface area contributed by atoms with Gasteiger partial charge in [0.15, 0.2) is 15.3 Å². The van der Waals surface area contributed by atoms with Gasteiger partial charge in [-0.25, -0.2) is 8.42 Å². The molecule has 0 radical (unpaired) electrons. The molecule has 4 nitrogen and oxygen atoms in total. The third-order valence-electron chi connectivity index (χ3n) is 2.41. The second-order valence-electron chi connectivity index (χ2n) is 4.70. The normalized spacial score (nSPS) is 12.7. The molecule has 1 rings (SSSR count). The third kappa shape index (κ3) is 3.20. The van der Waals surface area contributed by atoms with E-state index in [1.807, 2.05) is 0 Å². The van der Waals surface area contributed by atoms with Crippen molar-refractivity contribution in [1.82, 2.24) is 4.57 Å². The van der Waals surface area contributed by atoms with Crippen LogP contribution in [0.3, 0.4) is 0 Å². The Hall–Kier alpha value is -1.10. The van der Waals surface area contributed by atoms with Crippen LogP contribution in [-0.2, 0) is 16.4 Å². The van der Waals surface area contributed by atoms with Crippen molar-refractivity contribution >= 4 is 9.84 Å². The lowest BCUT2D eigenvalue weighted by atomic mass is 10.3. The Bertz CT molecular complexity index is 488. The van der Waals surface area contributed by atoms with Crippen LogP contribution in [0.25, 0.3) is 0 Å². The summed E-state index contributed by atoms with van der Waals surface area (Å²) in [6.45, 7) is 5.44. The topological polar surface area (TPSA) is 56.1 Å². The van der Waals surface area contributed by atoms with Gasteiger partial charge in [0.1, 0.15) is 0 Å². The van der Waals surface area contributed by atoms with Gasteiger partial charge >= 0.3 is 0 Å². The monoisotopic (exact) mass is 243 g/mol. The maximum atomic E-state index is 11.8. The van der Waals surface area contributed by atoms with E-state index in [9.17, 15) is 13.2 Å². The van der Waals surface area contributed by atoms with Gasteiger partial charge in [-0.3, -0.25) is 4.79 Å². The first-order valence-electron chi connectivity index (χ1n) is 5.11. The number of hydrogen-bond donors (Lipinski definition) is 0. The molecule has 90 valence electrons. The lowest BCUT2D eigenvalue weighted by Crippen LogP contribution is -2.32. The summed E-state index contributed by atoms with van der Waals surface area (Å²) in [5, 5.41) is 0. The first-order valence-corrected chi connectivity index (χ1v) is 6.76. The number of nitrogens with zero attached hydrogens (tertiary/aromatic N) is 1. The van der Waals surface area contributed by atoms with Gasteiger partial charge in [-0.2, -0.15) is 0 Å². The largest absolute Gasteiger partial charge is 0.353 e. The molecule has 0 saturated heterocycles. The highest BCUT2D eigenvalue weighted by atomic mass is 32.2. The standard InChI is InChI=1S/C11H17NO3S/c1-11(2,3)16(14,15)9-8-12-6-4-10(13)5-7-12/h4-7H,8-9H2,1-3H3. The first-order chi connectivity index (χ1) is 7.22. The Balaban J connectivity index is 2.73. The molecule has 1 aromatic heterocycles. The molecule has 5 heteroatoms. The number of sulfone groups is 1. The highest BCUT2D eigenvalue weighted by Crippen LogP contribution is 2.15. The molecule has 0 bridgehead atoms. The van der Waals surface area contributed by atoms with Gasteiger partial charge in [0.25, 0.3) is 0 Å². The number of pyridine rings is 1. The van der Waals surface area contributed by atoms with E-state index in [0.717, 1.165) is 0 Å². The Labute approximate surface area is 95.8 Å². The summed E-state index contributed by atoms with van der Waals surface area (Å²) in [5.41, 5.74) is -0.0741. The Morgan fingerprint density at radius 1 is 1.19 bits per heavy atom. The van der Waals surface area contributed by atoms with Crippen LogP contribution in [0, 0.1) is 0 Å². The Kier molecular flexibility index (Phi) is 3.57. The van der Waals surface area contributed by atoms with Gasteiger partial charge in [0.05, 0.1) is 10.5 Å². The molecule has 1 aromatic rings. The van der Waals surface area contributed by atoms with E-state index in [1.165, 1.54) is 12.1 Å². The molecule has 0 unspecified atom stereocenters. The van der Waals surface area contributed by atoms with E-state index < -0.39 is 14.6 Å². The van der Waals surface area contributed by atoms with Crippen molar-refractivity contribution in [2.75, 3.05) is 5.75 Å². The fraction of sp³-hybridized carbons (Fsp3) is 0.545. The minimum atomic E-state index is -3.11. The molecule has 1 heterocycles. The minimum absolute atomic E-state index is 0.0741. The molecule has 0 N–H and O–H groups in total. The smallest absolute Gasteiger partial charge is 0.181 e. The molecule has 0 aliphatic rings. The third-order valence-corrected chi connectivity index (χ3v) is 5.00. The van der Waals surface area contributed by atoms with Crippen molar-refractivity contribution in [2.45, 2.75) is 32.1 Å². The molecular weight excluding hydrogens is 226 g/mol. The minimum Gasteiger partial charge on any atom is -0.353 e. The van der Waals surface area contributed by atoms with E-state index in [4.69, 9.17) is 0 Å². The predicted molar refractivity (Wildman–Crippen MR) is 64.2 cm³/mol. The zero-order valence-electron chi connectivity index (χ0n) is 9.80. The van der Waals surface area contributed by atoms with Crippen molar-refractivity contribution in [1.29, 1.82) is 0 Å². The van der Waals surface area contributed by atoms with E-state index in [1.54, 1.807) is 37.7 Å². The van der Waals surface area contributed by atoms with Crippen molar-refractivity contribution in [2.24, 2.45) is 0 Å². The predicted octanol–water partition coefficient (Wildman–Crippen LogP) is 1.06. The van der Waals surface area contributed by atoms with Gasteiger partial charge in [-0.05, 0) is 20.8 Å². The van der Waals surface area contributed by atoms with Crippen molar-refractivity contribution in [3.05, 3.63) is 34.7 Å². The number of aromatic nitrogens is 1. The Morgan fingerprint density at radius 3 is 2.12 bits per heavy atom. The second-order valence-corrected chi connectivity index (χ2v) is 7.57. The summed E-state index contributed by atoms with van der Waals surface area (Å²) < 4.78 is 24.6. The number of aryl methyl sites for hydroxylation is 1. The van der Waals surface area contributed by atoms with Gasteiger partial charge in [0, 0.05) is 31.1 Å². The summed E-state index contributed by atoms with van der Waals surface area (Å²) in [7, 11) is -3.11. The van der Waals surface area contributed by atoms with Gasteiger partial charge in [-0.1, -0.05) is 0 Å². The highest BCUT2D eigenvalue weighted by Gasteiger charge is 2.28. The molecule has 0 saturated carbocycles. The van der Waals surface area contributed by atoms with E-state index in [0.29, 0.717) is 6.54 Å². The maximum Gasteiger partial charge on any atom is 0.181 e. The molecule has 0 aliphatic heterocycles. The fourth-order valence-corrected chi connectivity index (χ4v) is 2.19. The van der Waals surface area contributed by atoms with Crippen LogP contribution in [0.2, 0.25) is 0 Å². The number of rotatable bonds is 3. The van der Waals surface area contributed by atoms with Crippen LogP contribution in [0.15, 0.2) is 29.3 Å². The van der Waals surface area contributed by atoms with Gasteiger partial charge in [0.2, 0.25) is 0 Å².